The lowest BCUT2D eigenvalue weighted by Crippen LogP contribution is -2.10. The van der Waals surface area contributed by atoms with Gasteiger partial charge in [-0.2, -0.15) is 0 Å². The first-order valence-corrected chi connectivity index (χ1v) is 8.98. The third-order valence-electron chi connectivity index (χ3n) is 3.57. The van der Waals surface area contributed by atoms with Crippen LogP contribution in [0, 0.1) is 5.82 Å². The zero-order valence-electron chi connectivity index (χ0n) is 12.6. The zero-order valence-corrected chi connectivity index (χ0v) is 15.0. The van der Waals surface area contributed by atoms with Crippen LogP contribution in [-0.4, -0.2) is 10.9 Å². The van der Waals surface area contributed by atoms with Crippen LogP contribution in [0.5, 0.6) is 0 Å². The Morgan fingerprint density at radius 3 is 2.76 bits per heavy atom. The summed E-state index contributed by atoms with van der Waals surface area (Å²) in [7, 11) is 0. The molecule has 0 saturated carbocycles. The van der Waals surface area contributed by atoms with Crippen LogP contribution in [0.4, 0.5) is 9.52 Å². The molecule has 25 heavy (non-hydrogen) atoms. The van der Waals surface area contributed by atoms with Crippen molar-refractivity contribution in [3.8, 4) is 11.3 Å². The van der Waals surface area contributed by atoms with Gasteiger partial charge in [0.1, 0.15) is 11.4 Å². The van der Waals surface area contributed by atoms with Crippen molar-refractivity contribution >= 4 is 49.3 Å². The lowest BCUT2D eigenvalue weighted by molar-refractivity contribution is 0.0998. The van der Waals surface area contributed by atoms with E-state index < -0.39 is 0 Å². The number of anilines is 1. The predicted octanol–water partition coefficient (Wildman–Crippen LogP) is 5.71. The highest BCUT2D eigenvalue weighted by Gasteiger charge is 2.15. The predicted molar refractivity (Wildman–Crippen MR) is 99.4 cm³/mol. The van der Waals surface area contributed by atoms with E-state index in [-0.39, 0.29) is 17.5 Å². The molecule has 0 radical (unpaired) electrons. The van der Waals surface area contributed by atoms with Crippen molar-refractivity contribution in [2.75, 3.05) is 5.32 Å². The second kappa shape index (κ2) is 6.42. The van der Waals surface area contributed by atoms with Crippen LogP contribution < -0.4 is 5.32 Å². The van der Waals surface area contributed by atoms with Gasteiger partial charge in [-0.1, -0.05) is 15.9 Å². The van der Waals surface area contributed by atoms with Gasteiger partial charge in [-0.3, -0.25) is 10.1 Å². The first-order valence-electron chi connectivity index (χ1n) is 7.30. The van der Waals surface area contributed by atoms with Crippen molar-refractivity contribution in [3.05, 3.63) is 70.0 Å². The summed E-state index contributed by atoms with van der Waals surface area (Å²) < 4.78 is 19.5. The van der Waals surface area contributed by atoms with Crippen LogP contribution >= 0.6 is 27.3 Å². The van der Waals surface area contributed by atoms with Crippen molar-refractivity contribution in [3.63, 3.8) is 0 Å². The summed E-state index contributed by atoms with van der Waals surface area (Å²) in [5, 5.41) is 5.82. The number of nitrogens with zero attached hydrogens (tertiary/aromatic N) is 1. The first kappa shape index (κ1) is 16.0. The minimum atomic E-state index is -0.368. The summed E-state index contributed by atoms with van der Waals surface area (Å²) in [4.78, 5) is 16.7. The second-order valence-electron chi connectivity index (χ2n) is 5.29. The Balaban J connectivity index is 1.55. The van der Waals surface area contributed by atoms with Gasteiger partial charge in [0, 0.05) is 20.8 Å². The molecule has 0 saturated heterocycles. The average molecular weight is 417 g/mol. The molecule has 0 atom stereocenters. The van der Waals surface area contributed by atoms with Crippen molar-refractivity contribution in [1.29, 1.82) is 0 Å². The number of nitrogens with one attached hydrogen (secondary N) is 1. The summed E-state index contributed by atoms with van der Waals surface area (Å²) in [6.45, 7) is 0. The van der Waals surface area contributed by atoms with Crippen molar-refractivity contribution < 1.29 is 13.6 Å². The minimum absolute atomic E-state index is 0.214. The molecule has 124 valence electrons. The van der Waals surface area contributed by atoms with E-state index in [1.807, 2.05) is 12.1 Å². The van der Waals surface area contributed by atoms with E-state index >= 15 is 0 Å². The fraction of sp³-hybridized carbons (Fsp3) is 0. The lowest BCUT2D eigenvalue weighted by Gasteiger charge is -1.98. The molecule has 0 bridgehead atoms. The van der Waals surface area contributed by atoms with E-state index in [2.05, 4.69) is 26.2 Å². The Kier molecular flexibility index (Phi) is 4.10. The molecule has 0 fully saturated rings. The van der Waals surface area contributed by atoms with Gasteiger partial charge in [-0.05, 0) is 48.5 Å². The topological polar surface area (TPSA) is 55.1 Å². The van der Waals surface area contributed by atoms with E-state index in [1.54, 1.807) is 29.6 Å². The van der Waals surface area contributed by atoms with Crippen molar-refractivity contribution in [2.45, 2.75) is 0 Å². The van der Waals surface area contributed by atoms with Crippen LogP contribution in [0.15, 0.2) is 62.8 Å². The molecule has 2 aromatic carbocycles. The molecule has 2 aromatic heterocycles. The monoisotopic (exact) mass is 416 g/mol. The van der Waals surface area contributed by atoms with Crippen LogP contribution in [0.3, 0.4) is 0 Å². The lowest BCUT2D eigenvalue weighted by atomic mass is 10.2. The van der Waals surface area contributed by atoms with Crippen LogP contribution in [-0.2, 0) is 0 Å². The first-order chi connectivity index (χ1) is 12.1. The van der Waals surface area contributed by atoms with E-state index in [0.29, 0.717) is 16.4 Å². The number of thiazole rings is 1. The summed E-state index contributed by atoms with van der Waals surface area (Å²) in [5.74, 6) is -0.456. The Hall–Kier alpha value is -2.51. The number of benzene rings is 2. The molecular weight excluding hydrogens is 407 g/mol. The van der Waals surface area contributed by atoms with Crippen molar-refractivity contribution in [1.82, 2.24) is 4.98 Å². The molecule has 4 nitrogen and oxygen atoms in total. The van der Waals surface area contributed by atoms with Crippen LogP contribution in [0.1, 0.15) is 10.6 Å². The molecule has 2 heterocycles. The molecule has 7 heteroatoms. The van der Waals surface area contributed by atoms with Gasteiger partial charge >= 0.3 is 0 Å². The van der Waals surface area contributed by atoms with Gasteiger partial charge in [0.25, 0.3) is 5.91 Å². The third-order valence-corrected chi connectivity index (χ3v) is 4.82. The molecule has 0 aliphatic carbocycles. The van der Waals surface area contributed by atoms with E-state index in [9.17, 15) is 9.18 Å². The zero-order chi connectivity index (χ0) is 17.4. The second-order valence-corrected chi connectivity index (χ2v) is 7.07. The molecule has 0 spiro atoms. The molecule has 1 amide bonds. The number of fused-ring (bicyclic) bond motifs is 1. The highest BCUT2D eigenvalue weighted by atomic mass is 79.9. The quantitative estimate of drug-likeness (QED) is 0.465. The molecule has 0 aliphatic heterocycles. The molecule has 4 rings (SSSR count). The standard InChI is InChI=1S/C18H10BrFN2O2S/c19-12-3-6-15-11(7-12)8-16(24-15)17(23)22-18-21-14(9-25-18)10-1-4-13(20)5-2-10/h1-9H,(H,21,22,23). The number of halogens is 2. The minimum Gasteiger partial charge on any atom is -0.451 e. The van der Waals surface area contributed by atoms with Gasteiger partial charge in [0.05, 0.1) is 5.69 Å². The Bertz CT molecular complexity index is 1070. The van der Waals surface area contributed by atoms with Crippen LogP contribution in [0.2, 0.25) is 0 Å². The number of hydrogen-bond acceptors (Lipinski definition) is 4. The summed E-state index contributed by atoms with van der Waals surface area (Å²) in [5.41, 5.74) is 2.10. The maximum Gasteiger partial charge on any atom is 0.293 e. The van der Waals surface area contributed by atoms with Gasteiger partial charge in [-0.15, -0.1) is 11.3 Å². The fourth-order valence-electron chi connectivity index (χ4n) is 2.37. The summed E-state index contributed by atoms with van der Waals surface area (Å²) >= 11 is 4.68. The molecule has 0 unspecified atom stereocenters. The highest BCUT2D eigenvalue weighted by Crippen LogP contribution is 2.27. The number of furan rings is 1. The van der Waals surface area contributed by atoms with E-state index in [4.69, 9.17) is 4.42 Å². The molecular formula is C18H10BrFN2O2S. The van der Waals surface area contributed by atoms with E-state index in [0.717, 1.165) is 15.4 Å². The fourth-order valence-corrected chi connectivity index (χ4v) is 3.46. The molecule has 1 N–H and O–H groups in total. The molecule has 4 aromatic rings. The number of carbonyl (C=O) groups is 1. The average Bonchev–Trinajstić information content (AvgIpc) is 3.22. The largest absolute Gasteiger partial charge is 0.451 e. The van der Waals surface area contributed by atoms with Gasteiger partial charge in [0.2, 0.25) is 0 Å². The SMILES string of the molecule is O=C(Nc1nc(-c2ccc(F)cc2)cs1)c1cc2cc(Br)ccc2o1. The van der Waals surface area contributed by atoms with Gasteiger partial charge in [-0.25, -0.2) is 9.37 Å². The number of rotatable bonds is 3. The van der Waals surface area contributed by atoms with Gasteiger partial charge in [0.15, 0.2) is 10.9 Å². The third kappa shape index (κ3) is 3.33. The van der Waals surface area contributed by atoms with E-state index in [1.165, 1.54) is 23.5 Å². The number of aromatic nitrogens is 1. The maximum atomic E-state index is 13.0. The van der Waals surface area contributed by atoms with Crippen molar-refractivity contribution in [2.24, 2.45) is 0 Å². The smallest absolute Gasteiger partial charge is 0.293 e. The number of amides is 1. The normalized spacial score (nSPS) is 11.0. The summed E-state index contributed by atoms with van der Waals surface area (Å²) in [6, 6.07) is 13.3. The van der Waals surface area contributed by atoms with Gasteiger partial charge < -0.3 is 4.42 Å². The maximum absolute atomic E-state index is 13.0. The van der Waals surface area contributed by atoms with Crippen LogP contribution in [0.25, 0.3) is 22.2 Å². The Labute approximate surface area is 154 Å². The summed E-state index contributed by atoms with van der Waals surface area (Å²) in [6.07, 6.45) is 0. The number of hydrogen-bond donors (Lipinski definition) is 1. The Morgan fingerprint density at radius 1 is 1.16 bits per heavy atom. The number of carbonyl (C=O) groups excluding carboxylic acids is 1. The molecule has 0 aliphatic rings. The highest BCUT2D eigenvalue weighted by molar-refractivity contribution is 9.10. The Morgan fingerprint density at radius 2 is 1.96 bits per heavy atom.